The fourth-order valence-corrected chi connectivity index (χ4v) is 1.84. The SMILES string of the molecule is CC(C)C(O)CCNC(=O)CNC(=O)c1cccc(Cl)c1. The lowest BCUT2D eigenvalue weighted by Gasteiger charge is -2.14. The summed E-state index contributed by atoms with van der Waals surface area (Å²) < 4.78 is 0. The molecule has 6 heteroatoms. The van der Waals surface area contributed by atoms with Crippen LogP contribution in [0.4, 0.5) is 0 Å². The molecule has 3 N–H and O–H groups in total. The monoisotopic (exact) mass is 312 g/mol. The van der Waals surface area contributed by atoms with Gasteiger partial charge >= 0.3 is 0 Å². The Kier molecular flexibility index (Phi) is 7.19. The molecule has 0 fully saturated rings. The molecule has 1 aromatic carbocycles. The number of carbonyl (C=O) groups excluding carboxylic acids is 2. The minimum atomic E-state index is -0.439. The van der Waals surface area contributed by atoms with Crippen LogP contribution in [0.3, 0.4) is 0 Å². The van der Waals surface area contributed by atoms with Gasteiger partial charge in [-0.25, -0.2) is 0 Å². The molecule has 0 saturated heterocycles. The first-order valence-corrected chi connectivity index (χ1v) is 7.26. The maximum absolute atomic E-state index is 11.8. The molecule has 0 aliphatic carbocycles. The number of aliphatic hydroxyl groups excluding tert-OH is 1. The molecule has 0 aliphatic rings. The Labute approximate surface area is 129 Å². The van der Waals surface area contributed by atoms with E-state index in [0.29, 0.717) is 23.6 Å². The van der Waals surface area contributed by atoms with E-state index >= 15 is 0 Å². The zero-order valence-electron chi connectivity index (χ0n) is 12.2. The van der Waals surface area contributed by atoms with Gasteiger partial charge in [0.25, 0.3) is 5.91 Å². The van der Waals surface area contributed by atoms with E-state index in [-0.39, 0.29) is 24.3 Å². The highest BCUT2D eigenvalue weighted by molar-refractivity contribution is 6.30. The van der Waals surface area contributed by atoms with Crippen molar-refractivity contribution < 1.29 is 14.7 Å². The largest absolute Gasteiger partial charge is 0.393 e. The molecule has 1 aromatic rings. The Hall–Kier alpha value is -1.59. The van der Waals surface area contributed by atoms with E-state index in [1.54, 1.807) is 18.2 Å². The van der Waals surface area contributed by atoms with E-state index < -0.39 is 6.10 Å². The number of carbonyl (C=O) groups is 2. The van der Waals surface area contributed by atoms with Gasteiger partial charge in [0.1, 0.15) is 0 Å². The molecule has 0 aromatic heterocycles. The van der Waals surface area contributed by atoms with E-state index in [1.165, 1.54) is 6.07 Å². The summed E-state index contributed by atoms with van der Waals surface area (Å²) in [5.41, 5.74) is 0.408. The fourth-order valence-electron chi connectivity index (χ4n) is 1.65. The third kappa shape index (κ3) is 6.60. The minimum Gasteiger partial charge on any atom is -0.393 e. The Balaban J connectivity index is 2.28. The Morgan fingerprint density at radius 1 is 1.29 bits per heavy atom. The zero-order valence-corrected chi connectivity index (χ0v) is 13.0. The van der Waals surface area contributed by atoms with E-state index in [4.69, 9.17) is 11.6 Å². The highest BCUT2D eigenvalue weighted by Gasteiger charge is 2.11. The summed E-state index contributed by atoms with van der Waals surface area (Å²) in [6.45, 7) is 4.10. The second-order valence-corrected chi connectivity index (χ2v) is 5.58. The lowest BCUT2D eigenvalue weighted by Crippen LogP contribution is -2.38. The molecular formula is C15H21ClN2O3. The first-order chi connectivity index (χ1) is 9.90. The van der Waals surface area contributed by atoms with Crippen molar-refractivity contribution in [1.82, 2.24) is 10.6 Å². The van der Waals surface area contributed by atoms with Gasteiger partial charge in [-0.05, 0) is 30.5 Å². The summed E-state index contributed by atoms with van der Waals surface area (Å²) in [4.78, 5) is 23.3. The Morgan fingerprint density at radius 3 is 2.62 bits per heavy atom. The average Bonchev–Trinajstić information content (AvgIpc) is 2.44. The third-order valence-corrected chi connectivity index (χ3v) is 3.26. The zero-order chi connectivity index (χ0) is 15.8. The van der Waals surface area contributed by atoms with Crippen LogP contribution in [-0.2, 0) is 4.79 Å². The van der Waals surface area contributed by atoms with Crippen molar-refractivity contribution in [2.45, 2.75) is 26.4 Å². The molecule has 5 nitrogen and oxygen atoms in total. The maximum Gasteiger partial charge on any atom is 0.251 e. The van der Waals surface area contributed by atoms with Gasteiger partial charge < -0.3 is 15.7 Å². The van der Waals surface area contributed by atoms with Crippen LogP contribution in [0.2, 0.25) is 5.02 Å². The molecular weight excluding hydrogens is 292 g/mol. The Morgan fingerprint density at radius 2 is 2.00 bits per heavy atom. The molecule has 0 radical (unpaired) electrons. The van der Waals surface area contributed by atoms with E-state index in [0.717, 1.165) is 0 Å². The van der Waals surface area contributed by atoms with Crippen molar-refractivity contribution in [2.75, 3.05) is 13.1 Å². The molecule has 21 heavy (non-hydrogen) atoms. The Bertz CT molecular complexity index is 492. The van der Waals surface area contributed by atoms with Gasteiger partial charge in [0, 0.05) is 17.1 Å². The minimum absolute atomic E-state index is 0.108. The van der Waals surface area contributed by atoms with Crippen LogP contribution in [0.5, 0.6) is 0 Å². The van der Waals surface area contributed by atoms with Gasteiger partial charge in [0.2, 0.25) is 5.91 Å². The summed E-state index contributed by atoms with van der Waals surface area (Å²) in [6, 6.07) is 6.50. The number of aliphatic hydroxyl groups is 1. The normalized spacial score (nSPS) is 12.0. The summed E-state index contributed by atoms with van der Waals surface area (Å²) >= 11 is 5.79. The van der Waals surface area contributed by atoms with Crippen LogP contribution in [0.15, 0.2) is 24.3 Å². The average molecular weight is 313 g/mol. The highest BCUT2D eigenvalue weighted by Crippen LogP contribution is 2.10. The van der Waals surface area contributed by atoms with Gasteiger partial charge in [-0.1, -0.05) is 31.5 Å². The first-order valence-electron chi connectivity index (χ1n) is 6.88. The predicted molar refractivity (Wildman–Crippen MR) is 82.3 cm³/mol. The van der Waals surface area contributed by atoms with E-state index in [9.17, 15) is 14.7 Å². The van der Waals surface area contributed by atoms with Crippen molar-refractivity contribution in [2.24, 2.45) is 5.92 Å². The van der Waals surface area contributed by atoms with Crippen LogP contribution >= 0.6 is 11.6 Å². The van der Waals surface area contributed by atoms with Crippen molar-refractivity contribution in [3.63, 3.8) is 0 Å². The van der Waals surface area contributed by atoms with Gasteiger partial charge in [0.15, 0.2) is 0 Å². The van der Waals surface area contributed by atoms with Crippen molar-refractivity contribution in [1.29, 1.82) is 0 Å². The molecule has 1 atom stereocenters. The number of rotatable bonds is 7. The number of amides is 2. The predicted octanol–water partition coefficient (Wildman–Crippen LogP) is 1.59. The second kappa shape index (κ2) is 8.64. The van der Waals surface area contributed by atoms with Gasteiger partial charge in [0.05, 0.1) is 12.6 Å². The first kappa shape index (κ1) is 17.5. The molecule has 116 valence electrons. The third-order valence-electron chi connectivity index (χ3n) is 3.03. The summed E-state index contributed by atoms with van der Waals surface area (Å²) in [6.07, 6.45) is 0.0531. The van der Waals surface area contributed by atoms with Gasteiger partial charge in [-0.2, -0.15) is 0 Å². The summed E-state index contributed by atoms with van der Waals surface area (Å²) in [5.74, 6) is -0.486. The fraction of sp³-hybridized carbons (Fsp3) is 0.467. The van der Waals surface area contributed by atoms with Crippen LogP contribution in [0, 0.1) is 5.92 Å². The maximum atomic E-state index is 11.8. The van der Waals surface area contributed by atoms with Crippen LogP contribution in [0.25, 0.3) is 0 Å². The topological polar surface area (TPSA) is 78.4 Å². The quantitative estimate of drug-likeness (QED) is 0.715. The molecule has 0 bridgehead atoms. The smallest absolute Gasteiger partial charge is 0.251 e. The molecule has 0 heterocycles. The van der Waals surface area contributed by atoms with E-state index in [2.05, 4.69) is 10.6 Å². The second-order valence-electron chi connectivity index (χ2n) is 5.14. The highest BCUT2D eigenvalue weighted by atomic mass is 35.5. The molecule has 0 aliphatic heterocycles. The number of nitrogens with one attached hydrogen (secondary N) is 2. The molecule has 2 amide bonds. The van der Waals surface area contributed by atoms with Crippen molar-refractivity contribution >= 4 is 23.4 Å². The van der Waals surface area contributed by atoms with Gasteiger partial charge in [-0.15, -0.1) is 0 Å². The molecule has 0 saturated carbocycles. The summed E-state index contributed by atoms with van der Waals surface area (Å²) in [5, 5.41) is 15.2. The summed E-state index contributed by atoms with van der Waals surface area (Å²) in [7, 11) is 0. The number of benzene rings is 1. The molecule has 1 rings (SSSR count). The van der Waals surface area contributed by atoms with Gasteiger partial charge in [-0.3, -0.25) is 9.59 Å². The van der Waals surface area contributed by atoms with E-state index in [1.807, 2.05) is 13.8 Å². The lowest BCUT2D eigenvalue weighted by molar-refractivity contribution is -0.120. The number of halogens is 1. The number of hydrogen-bond acceptors (Lipinski definition) is 3. The van der Waals surface area contributed by atoms with Crippen LogP contribution in [-0.4, -0.2) is 36.1 Å². The van der Waals surface area contributed by atoms with Crippen molar-refractivity contribution in [3.8, 4) is 0 Å². The van der Waals surface area contributed by atoms with Crippen molar-refractivity contribution in [3.05, 3.63) is 34.9 Å². The number of hydrogen-bond donors (Lipinski definition) is 3. The molecule has 0 spiro atoms. The lowest BCUT2D eigenvalue weighted by atomic mass is 10.0. The molecule has 1 unspecified atom stereocenters. The standard InChI is InChI=1S/C15H21ClN2O3/c1-10(2)13(19)6-7-17-14(20)9-18-15(21)11-4-3-5-12(16)8-11/h3-5,8,10,13,19H,6-7,9H2,1-2H3,(H,17,20)(H,18,21). The van der Waals surface area contributed by atoms with Crippen LogP contribution in [0.1, 0.15) is 30.6 Å². The van der Waals surface area contributed by atoms with Crippen LogP contribution < -0.4 is 10.6 Å².